The molecule has 0 radical (unpaired) electrons. The third-order valence-corrected chi connectivity index (χ3v) is 4.65. The maximum absolute atomic E-state index is 13.1. The van der Waals surface area contributed by atoms with E-state index in [1.165, 1.54) is 6.07 Å². The van der Waals surface area contributed by atoms with Crippen molar-refractivity contribution >= 4 is 22.4 Å². The smallest absolute Gasteiger partial charge is 0.416 e. The standard InChI is InChI=1S/C21H21F3N4O3/c1-12-27-17-10-19-18(30-4-2-29-3-5-31-19)9-16(17)20(28-12)26-11-13-6-14(21(22,23)24)8-15(25)7-13/h6-10H,2-5,11,25H2,1H3,(H,26,27,28). The zero-order valence-corrected chi connectivity index (χ0v) is 16.8. The molecular weight excluding hydrogens is 413 g/mol. The van der Waals surface area contributed by atoms with E-state index in [-0.39, 0.29) is 12.2 Å². The highest BCUT2D eigenvalue weighted by molar-refractivity contribution is 5.91. The van der Waals surface area contributed by atoms with E-state index in [2.05, 4.69) is 15.3 Å². The van der Waals surface area contributed by atoms with Gasteiger partial charge in [-0.25, -0.2) is 9.97 Å². The summed E-state index contributed by atoms with van der Waals surface area (Å²) in [4.78, 5) is 8.87. The Kier molecular flexibility index (Phi) is 5.73. The summed E-state index contributed by atoms with van der Waals surface area (Å²) in [6, 6.07) is 7.00. The van der Waals surface area contributed by atoms with Crippen molar-refractivity contribution in [1.29, 1.82) is 0 Å². The van der Waals surface area contributed by atoms with Crippen LogP contribution < -0.4 is 20.5 Å². The van der Waals surface area contributed by atoms with Crippen molar-refractivity contribution in [2.75, 3.05) is 37.5 Å². The fourth-order valence-corrected chi connectivity index (χ4v) is 3.31. The Balaban J connectivity index is 1.67. The Bertz CT molecular complexity index is 1110. The molecule has 164 valence electrons. The van der Waals surface area contributed by atoms with E-state index < -0.39 is 11.7 Å². The molecule has 2 heterocycles. The monoisotopic (exact) mass is 434 g/mol. The molecule has 3 aromatic rings. The molecule has 1 aliphatic rings. The number of fused-ring (bicyclic) bond motifs is 2. The summed E-state index contributed by atoms with van der Waals surface area (Å²) >= 11 is 0. The zero-order valence-electron chi connectivity index (χ0n) is 16.8. The molecule has 0 spiro atoms. The highest BCUT2D eigenvalue weighted by Crippen LogP contribution is 2.35. The number of aryl methyl sites for hydroxylation is 1. The fraction of sp³-hybridized carbons (Fsp3) is 0.333. The summed E-state index contributed by atoms with van der Waals surface area (Å²) in [6.07, 6.45) is -4.47. The number of aromatic nitrogens is 2. The van der Waals surface area contributed by atoms with Gasteiger partial charge in [-0.05, 0) is 36.8 Å². The summed E-state index contributed by atoms with van der Waals surface area (Å²) < 4.78 is 56.1. The first-order valence-corrected chi connectivity index (χ1v) is 9.66. The van der Waals surface area contributed by atoms with Gasteiger partial charge >= 0.3 is 6.18 Å². The summed E-state index contributed by atoms with van der Waals surface area (Å²) in [7, 11) is 0. The summed E-state index contributed by atoms with van der Waals surface area (Å²) in [5.41, 5.74) is 5.92. The molecule has 3 N–H and O–H groups in total. The second-order valence-corrected chi connectivity index (χ2v) is 7.06. The number of rotatable bonds is 3. The Hall–Kier alpha value is -3.27. The van der Waals surface area contributed by atoms with Crippen molar-refractivity contribution in [2.24, 2.45) is 0 Å². The topological polar surface area (TPSA) is 91.5 Å². The molecule has 31 heavy (non-hydrogen) atoms. The van der Waals surface area contributed by atoms with Gasteiger partial charge in [-0.15, -0.1) is 0 Å². The molecule has 0 bridgehead atoms. The van der Waals surface area contributed by atoms with Crippen molar-refractivity contribution in [1.82, 2.24) is 9.97 Å². The normalized spacial score (nSPS) is 14.6. The number of halogens is 3. The van der Waals surface area contributed by atoms with Crippen molar-refractivity contribution in [3.05, 3.63) is 47.3 Å². The zero-order chi connectivity index (χ0) is 22.0. The van der Waals surface area contributed by atoms with Crippen molar-refractivity contribution < 1.29 is 27.4 Å². The van der Waals surface area contributed by atoms with Gasteiger partial charge in [-0.3, -0.25) is 0 Å². The van der Waals surface area contributed by atoms with Crippen LogP contribution in [-0.2, 0) is 17.5 Å². The summed E-state index contributed by atoms with van der Waals surface area (Å²) in [5, 5.41) is 3.76. The minimum atomic E-state index is -4.47. The molecule has 1 aromatic heterocycles. The molecular formula is C21H21F3N4O3. The number of anilines is 2. The Morgan fingerprint density at radius 2 is 1.68 bits per heavy atom. The number of hydrogen-bond acceptors (Lipinski definition) is 7. The van der Waals surface area contributed by atoms with Crippen LogP contribution in [0.4, 0.5) is 24.7 Å². The predicted molar refractivity (Wildman–Crippen MR) is 109 cm³/mol. The molecule has 2 aromatic carbocycles. The van der Waals surface area contributed by atoms with E-state index in [1.54, 1.807) is 19.1 Å². The maximum atomic E-state index is 13.1. The van der Waals surface area contributed by atoms with Crippen LogP contribution in [-0.4, -0.2) is 36.4 Å². The quantitative estimate of drug-likeness (QED) is 0.604. The van der Waals surface area contributed by atoms with Gasteiger partial charge in [0.2, 0.25) is 0 Å². The SMILES string of the molecule is Cc1nc(NCc2cc(N)cc(C(F)(F)F)c2)c2cc3c(cc2n1)OCCOCCO3. The molecule has 10 heteroatoms. The lowest BCUT2D eigenvalue weighted by molar-refractivity contribution is -0.137. The number of hydrogen-bond donors (Lipinski definition) is 2. The minimum Gasteiger partial charge on any atom is -0.487 e. The van der Waals surface area contributed by atoms with Crippen LogP contribution in [0.3, 0.4) is 0 Å². The third kappa shape index (κ3) is 4.91. The van der Waals surface area contributed by atoms with Crippen LogP contribution in [0.1, 0.15) is 17.0 Å². The average Bonchev–Trinajstić information content (AvgIpc) is 2.81. The summed E-state index contributed by atoms with van der Waals surface area (Å²) in [6.45, 7) is 3.47. The number of alkyl halides is 3. The molecule has 0 fully saturated rings. The predicted octanol–water partition coefficient (Wildman–Crippen LogP) is 3.94. The molecule has 1 aliphatic heterocycles. The lowest BCUT2D eigenvalue weighted by atomic mass is 10.1. The van der Waals surface area contributed by atoms with Crippen LogP contribution in [0.15, 0.2) is 30.3 Å². The number of ether oxygens (including phenoxy) is 3. The van der Waals surface area contributed by atoms with Crippen LogP contribution in [0.25, 0.3) is 10.9 Å². The van der Waals surface area contributed by atoms with Gasteiger partial charge in [-0.1, -0.05) is 0 Å². The first-order chi connectivity index (χ1) is 14.8. The minimum absolute atomic E-state index is 0.0422. The van der Waals surface area contributed by atoms with E-state index >= 15 is 0 Å². The lowest BCUT2D eigenvalue weighted by Crippen LogP contribution is -2.09. The van der Waals surface area contributed by atoms with Crippen molar-refractivity contribution in [2.45, 2.75) is 19.6 Å². The van der Waals surface area contributed by atoms with Gasteiger partial charge < -0.3 is 25.3 Å². The fourth-order valence-electron chi connectivity index (χ4n) is 3.31. The van der Waals surface area contributed by atoms with Crippen molar-refractivity contribution in [3.63, 3.8) is 0 Å². The second-order valence-electron chi connectivity index (χ2n) is 7.06. The Labute approximate surface area is 176 Å². The van der Waals surface area contributed by atoms with Crippen LogP contribution in [0, 0.1) is 6.92 Å². The summed E-state index contributed by atoms with van der Waals surface area (Å²) in [5.74, 6) is 2.05. The first-order valence-electron chi connectivity index (χ1n) is 9.66. The average molecular weight is 434 g/mol. The van der Waals surface area contributed by atoms with E-state index in [1.807, 2.05) is 0 Å². The molecule has 0 atom stereocenters. The highest BCUT2D eigenvalue weighted by Gasteiger charge is 2.31. The first kappa shape index (κ1) is 21.0. The number of nitrogens with zero attached hydrogens (tertiary/aromatic N) is 2. The van der Waals surface area contributed by atoms with Gasteiger partial charge in [0.15, 0.2) is 11.5 Å². The highest BCUT2D eigenvalue weighted by atomic mass is 19.4. The van der Waals surface area contributed by atoms with Crippen molar-refractivity contribution in [3.8, 4) is 11.5 Å². The Morgan fingerprint density at radius 1 is 0.968 bits per heavy atom. The van der Waals surface area contributed by atoms with Crippen LogP contribution in [0.2, 0.25) is 0 Å². The van der Waals surface area contributed by atoms with Gasteiger partial charge in [0.05, 0.1) is 24.3 Å². The molecule has 0 saturated heterocycles. The van der Waals surface area contributed by atoms with E-state index in [4.69, 9.17) is 19.9 Å². The third-order valence-electron chi connectivity index (χ3n) is 4.65. The molecule has 0 unspecified atom stereocenters. The van der Waals surface area contributed by atoms with Gasteiger partial charge in [-0.2, -0.15) is 13.2 Å². The number of nitrogens with two attached hydrogens (primary N) is 1. The molecule has 4 rings (SSSR count). The maximum Gasteiger partial charge on any atom is 0.416 e. The van der Waals surface area contributed by atoms with Gasteiger partial charge in [0.1, 0.15) is 24.9 Å². The number of nitrogens with one attached hydrogen (secondary N) is 1. The molecule has 7 nitrogen and oxygen atoms in total. The van der Waals surface area contributed by atoms with Crippen LogP contribution >= 0.6 is 0 Å². The second kappa shape index (κ2) is 8.46. The number of benzene rings is 2. The van der Waals surface area contributed by atoms with E-state index in [9.17, 15) is 13.2 Å². The lowest BCUT2D eigenvalue weighted by Gasteiger charge is -2.15. The van der Waals surface area contributed by atoms with Gasteiger partial charge in [0, 0.05) is 23.7 Å². The number of nitrogen functional groups attached to an aromatic ring is 1. The molecule has 0 aliphatic carbocycles. The molecule has 0 amide bonds. The van der Waals surface area contributed by atoms with E-state index in [0.717, 1.165) is 12.1 Å². The Morgan fingerprint density at radius 3 is 2.39 bits per heavy atom. The largest absolute Gasteiger partial charge is 0.487 e. The van der Waals surface area contributed by atoms with Crippen LogP contribution in [0.5, 0.6) is 11.5 Å². The van der Waals surface area contributed by atoms with E-state index in [0.29, 0.717) is 66.0 Å². The van der Waals surface area contributed by atoms with Gasteiger partial charge in [0.25, 0.3) is 0 Å². The molecule has 0 saturated carbocycles.